The van der Waals surface area contributed by atoms with E-state index >= 15 is 0 Å². The molecule has 1 aliphatic rings. The van der Waals surface area contributed by atoms with E-state index in [-0.39, 0.29) is 5.54 Å². The van der Waals surface area contributed by atoms with Crippen molar-refractivity contribution in [2.75, 3.05) is 6.54 Å². The lowest BCUT2D eigenvalue weighted by Gasteiger charge is -2.39. The molecule has 0 spiro atoms. The fourth-order valence-corrected chi connectivity index (χ4v) is 3.53. The number of nitrogens with zero attached hydrogens (tertiary/aromatic N) is 1. The molecule has 0 radical (unpaired) electrons. The predicted molar refractivity (Wildman–Crippen MR) is 102 cm³/mol. The van der Waals surface area contributed by atoms with Gasteiger partial charge in [-0.1, -0.05) is 65.7 Å². The molecular weight excluding hydrogens is 339 g/mol. The van der Waals surface area contributed by atoms with E-state index < -0.39 is 0 Å². The number of nitrogens with one attached hydrogen (secondary N) is 1. The van der Waals surface area contributed by atoms with E-state index in [4.69, 9.17) is 23.2 Å². The van der Waals surface area contributed by atoms with E-state index in [1.54, 1.807) is 6.07 Å². The Labute approximate surface area is 154 Å². The summed E-state index contributed by atoms with van der Waals surface area (Å²) in [5.41, 5.74) is 2.42. The third kappa shape index (κ3) is 4.54. The fourth-order valence-electron chi connectivity index (χ4n) is 3.06. The van der Waals surface area contributed by atoms with Crippen LogP contribution in [0.15, 0.2) is 60.8 Å². The Morgan fingerprint density at radius 1 is 1.12 bits per heavy atom. The predicted octanol–water partition coefficient (Wildman–Crippen LogP) is 5.26. The van der Waals surface area contributed by atoms with Gasteiger partial charge in [-0.25, -0.2) is 0 Å². The van der Waals surface area contributed by atoms with Crippen molar-refractivity contribution >= 4 is 23.2 Å². The van der Waals surface area contributed by atoms with Gasteiger partial charge in [0.2, 0.25) is 0 Å². The zero-order chi connectivity index (χ0) is 17.0. The average Bonchev–Trinajstić information content (AvgIpc) is 2.55. The molecule has 2 aromatic carbocycles. The topological polar surface area (TPSA) is 15.3 Å². The maximum absolute atomic E-state index is 6.28. The van der Waals surface area contributed by atoms with Crippen LogP contribution in [0.5, 0.6) is 0 Å². The van der Waals surface area contributed by atoms with Crippen LogP contribution in [0, 0.1) is 0 Å². The number of hydrogen-bond donors (Lipinski definition) is 1. The second-order valence-electron chi connectivity index (χ2n) is 6.63. The van der Waals surface area contributed by atoms with Gasteiger partial charge in [0.05, 0.1) is 0 Å². The molecular formula is C20H22Cl2N2. The molecule has 0 amide bonds. The van der Waals surface area contributed by atoms with E-state index in [2.05, 4.69) is 59.7 Å². The Bertz CT molecular complexity index is 715. The van der Waals surface area contributed by atoms with Crippen LogP contribution >= 0.6 is 23.2 Å². The Balaban J connectivity index is 1.62. The van der Waals surface area contributed by atoms with Crippen LogP contribution < -0.4 is 5.32 Å². The number of halogens is 2. The summed E-state index contributed by atoms with van der Waals surface area (Å²) >= 11 is 12.2. The van der Waals surface area contributed by atoms with Crippen LogP contribution in [0.25, 0.3) is 0 Å². The summed E-state index contributed by atoms with van der Waals surface area (Å²) in [4.78, 5) is 2.36. The minimum atomic E-state index is 0.0203. The van der Waals surface area contributed by atoms with Crippen molar-refractivity contribution in [2.45, 2.75) is 32.0 Å². The molecule has 126 valence electrons. The Hall–Kier alpha value is -1.48. The molecule has 0 saturated heterocycles. The van der Waals surface area contributed by atoms with E-state index in [0.717, 1.165) is 31.6 Å². The first-order chi connectivity index (χ1) is 11.5. The van der Waals surface area contributed by atoms with E-state index in [1.807, 2.05) is 12.1 Å². The van der Waals surface area contributed by atoms with Gasteiger partial charge in [-0.15, -0.1) is 0 Å². The normalized spacial score (nSPS) is 20.4. The summed E-state index contributed by atoms with van der Waals surface area (Å²) in [5, 5.41) is 5.05. The van der Waals surface area contributed by atoms with Crippen LogP contribution in [-0.2, 0) is 13.1 Å². The second-order valence-corrected chi connectivity index (χ2v) is 7.47. The minimum Gasteiger partial charge on any atom is -0.372 e. The van der Waals surface area contributed by atoms with Crippen molar-refractivity contribution < 1.29 is 0 Å². The first-order valence-electron chi connectivity index (χ1n) is 8.18. The largest absolute Gasteiger partial charge is 0.372 e. The molecule has 3 rings (SSSR count). The van der Waals surface area contributed by atoms with Crippen molar-refractivity contribution in [1.29, 1.82) is 0 Å². The standard InChI is InChI=1S/C20H22Cl2N2/c1-20(23-13-17-8-9-18(21)12-19(17)22)10-5-11-24(15-20)14-16-6-3-2-4-7-16/h2-9,11-12,23H,10,13-15H2,1H3. The van der Waals surface area contributed by atoms with Crippen LogP contribution in [0.4, 0.5) is 0 Å². The average molecular weight is 361 g/mol. The zero-order valence-corrected chi connectivity index (χ0v) is 15.3. The molecule has 1 heterocycles. The summed E-state index contributed by atoms with van der Waals surface area (Å²) in [5.74, 6) is 0. The fraction of sp³-hybridized carbons (Fsp3) is 0.300. The molecule has 2 aromatic rings. The first kappa shape index (κ1) is 17.3. The Morgan fingerprint density at radius 2 is 1.92 bits per heavy atom. The van der Waals surface area contributed by atoms with Gasteiger partial charge in [0.1, 0.15) is 0 Å². The number of hydrogen-bond acceptors (Lipinski definition) is 2. The lowest BCUT2D eigenvalue weighted by Crippen LogP contribution is -2.51. The molecule has 4 heteroatoms. The van der Waals surface area contributed by atoms with E-state index in [0.29, 0.717) is 10.0 Å². The van der Waals surface area contributed by atoms with Gasteiger partial charge in [-0.2, -0.15) is 0 Å². The van der Waals surface area contributed by atoms with Crippen LogP contribution in [0.1, 0.15) is 24.5 Å². The summed E-state index contributed by atoms with van der Waals surface area (Å²) < 4.78 is 0. The highest BCUT2D eigenvalue weighted by Crippen LogP contribution is 2.24. The maximum atomic E-state index is 6.28. The number of benzene rings is 2. The molecule has 1 N–H and O–H groups in total. The maximum Gasteiger partial charge on any atom is 0.0465 e. The van der Waals surface area contributed by atoms with Gasteiger partial charge in [0, 0.05) is 35.2 Å². The molecule has 0 bridgehead atoms. The monoisotopic (exact) mass is 360 g/mol. The van der Waals surface area contributed by atoms with E-state index in [1.165, 1.54) is 5.56 Å². The molecule has 2 nitrogen and oxygen atoms in total. The van der Waals surface area contributed by atoms with Gasteiger partial charge in [-0.3, -0.25) is 0 Å². The SMILES string of the molecule is CC1(NCc2ccc(Cl)cc2Cl)CC=CN(Cc2ccccc2)C1. The third-order valence-electron chi connectivity index (χ3n) is 4.39. The molecule has 24 heavy (non-hydrogen) atoms. The van der Waals surface area contributed by atoms with Gasteiger partial charge >= 0.3 is 0 Å². The highest BCUT2D eigenvalue weighted by atomic mass is 35.5. The van der Waals surface area contributed by atoms with Crippen LogP contribution in [0.2, 0.25) is 10.0 Å². The zero-order valence-electron chi connectivity index (χ0n) is 13.8. The second kappa shape index (κ2) is 7.60. The summed E-state index contributed by atoms with van der Waals surface area (Å²) in [6, 6.07) is 16.2. The van der Waals surface area contributed by atoms with Gasteiger partial charge < -0.3 is 10.2 Å². The first-order valence-corrected chi connectivity index (χ1v) is 8.93. The molecule has 0 aliphatic carbocycles. The Kier molecular flexibility index (Phi) is 5.50. The van der Waals surface area contributed by atoms with Crippen molar-refractivity contribution in [2.24, 2.45) is 0 Å². The highest BCUT2D eigenvalue weighted by molar-refractivity contribution is 6.35. The van der Waals surface area contributed by atoms with Crippen molar-refractivity contribution in [3.63, 3.8) is 0 Å². The molecule has 1 aliphatic heterocycles. The summed E-state index contributed by atoms with van der Waals surface area (Å²) in [7, 11) is 0. The van der Waals surface area contributed by atoms with Crippen molar-refractivity contribution in [1.82, 2.24) is 10.2 Å². The number of rotatable bonds is 5. The smallest absolute Gasteiger partial charge is 0.0465 e. The van der Waals surface area contributed by atoms with Crippen molar-refractivity contribution in [3.05, 3.63) is 82.0 Å². The van der Waals surface area contributed by atoms with Gasteiger partial charge in [0.25, 0.3) is 0 Å². The van der Waals surface area contributed by atoms with Gasteiger partial charge in [-0.05, 0) is 42.8 Å². The summed E-state index contributed by atoms with van der Waals surface area (Å²) in [6.45, 7) is 4.89. The molecule has 0 fully saturated rings. The molecule has 1 unspecified atom stereocenters. The Morgan fingerprint density at radius 3 is 2.67 bits per heavy atom. The molecule has 0 saturated carbocycles. The summed E-state index contributed by atoms with van der Waals surface area (Å²) in [6.07, 6.45) is 5.44. The van der Waals surface area contributed by atoms with E-state index in [9.17, 15) is 0 Å². The minimum absolute atomic E-state index is 0.0203. The quantitative estimate of drug-likeness (QED) is 0.781. The molecule has 0 aromatic heterocycles. The van der Waals surface area contributed by atoms with Crippen LogP contribution in [-0.4, -0.2) is 17.0 Å². The van der Waals surface area contributed by atoms with Crippen molar-refractivity contribution in [3.8, 4) is 0 Å². The van der Waals surface area contributed by atoms with Gasteiger partial charge in [0.15, 0.2) is 0 Å². The lowest BCUT2D eigenvalue weighted by atomic mass is 9.93. The lowest BCUT2D eigenvalue weighted by molar-refractivity contribution is 0.218. The molecule has 1 atom stereocenters. The third-order valence-corrected chi connectivity index (χ3v) is 4.97. The van der Waals surface area contributed by atoms with Crippen LogP contribution in [0.3, 0.4) is 0 Å². The highest BCUT2D eigenvalue weighted by Gasteiger charge is 2.27.